The van der Waals surface area contributed by atoms with E-state index in [9.17, 15) is 4.79 Å². The highest BCUT2D eigenvalue weighted by Crippen LogP contribution is 2.21. The molecule has 2 aromatic rings. The zero-order valence-electron chi connectivity index (χ0n) is 10.7. The summed E-state index contributed by atoms with van der Waals surface area (Å²) in [7, 11) is 1.78. The van der Waals surface area contributed by atoms with Crippen LogP contribution < -0.4 is 10.6 Å². The standard InChI is InChI=1S/C13H14BrN3OS/c1-8-5-9(6-12(15-2)17-8)13(18)16-7-10-3-4-11(14)19-10/h3-6H,7H2,1-2H3,(H,15,17)(H,16,18). The Bertz CT molecular complexity index is 597. The minimum Gasteiger partial charge on any atom is -0.373 e. The second-order valence-electron chi connectivity index (χ2n) is 4.02. The minimum atomic E-state index is -0.0912. The number of carbonyl (C=O) groups is 1. The molecule has 0 fully saturated rings. The molecule has 2 N–H and O–H groups in total. The van der Waals surface area contributed by atoms with Crippen molar-refractivity contribution in [3.05, 3.63) is 44.2 Å². The summed E-state index contributed by atoms with van der Waals surface area (Å²) in [4.78, 5) is 17.4. The van der Waals surface area contributed by atoms with Gasteiger partial charge in [0.05, 0.1) is 10.3 Å². The molecular weight excluding hydrogens is 326 g/mol. The van der Waals surface area contributed by atoms with Gasteiger partial charge in [-0.1, -0.05) is 0 Å². The molecule has 2 heterocycles. The molecule has 0 spiro atoms. The second kappa shape index (κ2) is 6.16. The average Bonchev–Trinajstić information content (AvgIpc) is 2.81. The summed E-state index contributed by atoms with van der Waals surface area (Å²) in [5, 5.41) is 5.85. The summed E-state index contributed by atoms with van der Waals surface area (Å²) >= 11 is 5.01. The molecule has 0 saturated carbocycles. The van der Waals surface area contributed by atoms with Crippen molar-refractivity contribution >= 4 is 39.0 Å². The fourth-order valence-corrected chi connectivity index (χ4v) is 3.07. The number of carbonyl (C=O) groups excluding carboxylic acids is 1. The Labute approximate surface area is 124 Å². The SMILES string of the molecule is CNc1cc(C(=O)NCc2ccc(Br)s2)cc(C)n1. The zero-order valence-corrected chi connectivity index (χ0v) is 13.1. The number of hydrogen-bond donors (Lipinski definition) is 2. The third kappa shape index (κ3) is 3.78. The Kier molecular flexibility index (Phi) is 4.55. The molecule has 100 valence electrons. The minimum absolute atomic E-state index is 0.0912. The number of hydrogen-bond acceptors (Lipinski definition) is 4. The number of rotatable bonds is 4. The van der Waals surface area contributed by atoms with Gasteiger partial charge >= 0.3 is 0 Å². The van der Waals surface area contributed by atoms with Crippen molar-refractivity contribution in [3.63, 3.8) is 0 Å². The van der Waals surface area contributed by atoms with Crippen LogP contribution in [0.3, 0.4) is 0 Å². The Morgan fingerprint density at radius 2 is 2.21 bits per heavy atom. The highest BCUT2D eigenvalue weighted by molar-refractivity contribution is 9.11. The van der Waals surface area contributed by atoms with Crippen molar-refractivity contribution in [1.82, 2.24) is 10.3 Å². The number of amides is 1. The normalized spacial score (nSPS) is 10.3. The predicted molar refractivity (Wildman–Crippen MR) is 81.7 cm³/mol. The molecule has 0 aliphatic rings. The van der Waals surface area contributed by atoms with Crippen LogP contribution in [-0.2, 0) is 6.54 Å². The molecule has 2 rings (SSSR count). The first-order chi connectivity index (χ1) is 9.08. The molecule has 0 bridgehead atoms. The lowest BCUT2D eigenvalue weighted by molar-refractivity contribution is 0.0951. The van der Waals surface area contributed by atoms with E-state index in [1.165, 1.54) is 0 Å². The van der Waals surface area contributed by atoms with Crippen molar-refractivity contribution in [2.24, 2.45) is 0 Å². The number of anilines is 1. The van der Waals surface area contributed by atoms with E-state index < -0.39 is 0 Å². The first-order valence-corrected chi connectivity index (χ1v) is 7.38. The van der Waals surface area contributed by atoms with E-state index in [1.54, 1.807) is 30.5 Å². The van der Waals surface area contributed by atoms with Crippen LogP contribution in [0.15, 0.2) is 28.1 Å². The highest BCUT2D eigenvalue weighted by atomic mass is 79.9. The molecule has 0 atom stereocenters. The van der Waals surface area contributed by atoms with Gasteiger partial charge in [0.15, 0.2) is 0 Å². The monoisotopic (exact) mass is 339 g/mol. The van der Waals surface area contributed by atoms with Gasteiger partial charge in [-0.15, -0.1) is 11.3 Å². The van der Waals surface area contributed by atoms with Gasteiger partial charge in [0.25, 0.3) is 5.91 Å². The molecule has 19 heavy (non-hydrogen) atoms. The number of pyridine rings is 1. The van der Waals surface area contributed by atoms with Crippen LogP contribution in [0.5, 0.6) is 0 Å². The largest absolute Gasteiger partial charge is 0.373 e. The van der Waals surface area contributed by atoms with Crippen LogP contribution in [0.25, 0.3) is 0 Å². The van der Waals surface area contributed by atoms with Gasteiger partial charge in [-0.05, 0) is 47.1 Å². The number of halogens is 1. The van der Waals surface area contributed by atoms with E-state index in [0.717, 1.165) is 14.4 Å². The van der Waals surface area contributed by atoms with Crippen molar-refractivity contribution in [1.29, 1.82) is 0 Å². The number of nitrogens with zero attached hydrogens (tertiary/aromatic N) is 1. The maximum absolute atomic E-state index is 12.1. The van der Waals surface area contributed by atoms with Gasteiger partial charge in [-0.2, -0.15) is 0 Å². The number of thiophene rings is 1. The summed E-state index contributed by atoms with van der Waals surface area (Å²) in [6, 6.07) is 7.49. The van der Waals surface area contributed by atoms with Gasteiger partial charge in [0.1, 0.15) is 5.82 Å². The van der Waals surface area contributed by atoms with Crippen LogP contribution in [0.2, 0.25) is 0 Å². The molecule has 0 aliphatic heterocycles. The molecule has 2 aromatic heterocycles. The third-order valence-corrected chi connectivity index (χ3v) is 4.15. The molecule has 0 aromatic carbocycles. The van der Waals surface area contributed by atoms with E-state index >= 15 is 0 Å². The third-order valence-electron chi connectivity index (χ3n) is 2.52. The molecule has 4 nitrogen and oxygen atoms in total. The molecule has 6 heteroatoms. The van der Waals surface area contributed by atoms with Crippen LogP contribution >= 0.6 is 27.3 Å². The van der Waals surface area contributed by atoms with E-state index in [0.29, 0.717) is 17.9 Å². The Hall–Kier alpha value is -1.40. The number of aromatic nitrogens is 1. The van der Waals surface area contributed by atoms with Crippen LogP contribution in [0.4, 0.5) is 5.82 Å². The predicted octanol–water partition coefficient (Wildman–Crippen LogP) is 3.19. The highest BCUT2D eigenvalue weighted by Gasteiger charge is 2.08. The van der Waals surface area contributed by atoms with Gasteiger partial charge in [-0.25, -0.2) is 4.98 Å². The lowest BCUT2D eigenvalue weighted by Crippen LogP contribution is -2.22. The Balaban J connectivity index is 2.05. The molecular formula is C13H14BrN3OS. The smallest absolute Gasteiger partial charge is 0.251 e. The summed E-state index contributed by atoms with van der Waals surface area (Å²) in [5.41, 5.74) is 1.43. The van der Waals surface area contributed by atoms with Gasteiger partial charge in [0.2, 0.25) is 0 Å². The van der Waals surface area contributed by atoms with Crippen LogP contribution in [0.1, 0.15) is 20.9 Å². The fraction of sp³-hybridized carbons (Fsp3) is 0.231. The van der Waals surface area contributed by atoms with Gasteiger partial charge < -0.3 is 10.6 Å². The van der Waals surface area contributed by atoms with E-state index in [-0.39, 0.29) is 5.91 Å². The van der Waals surface area contributed by atoms with Crippen LogP contribution in [-0.4, -0.2) is 17.9 Å². The van der Waals surface area contributed by atoms with Gasteiger partial charge in [0, 0.05) is 23.2 Å². The lowest BCUT2D eigenvalue weighted by atomic mass is 10.2. The van der Waals surface area contributed by atoms with E-state index in [1.807, 2.05) is 19.1 Å². The first-order valence-electron chi connectivity index (χ1n) is 5.77. The molecule has 0 radical (unpaired) electrons. The van der Waals surface area contributed by atoms with Crippen molar-refractivity contribution in [2.45, 2.75) is 13.5 Å². The fourth-order valence-electron chi connectivity index (χ4n) is 1.64. The van der Waals surface area contributed by atoms with Crippen molar-refractivity contribution in [2.75, 3.05) is 12.4 Å². The Morgan fingerprint density at radius 1 is 1.42 bits per heavy atom. The molecule has 0 unspecified atom stereocenters. The molecule has 0 aliphatic carbocycles. The number of nitrogens with one attached hydrogen (secondary N) is 2. The van der Waals surface area contributed by atoms with Crippen molar-refractivity contribution < 1.29 is 4.79 Å². The maximum atomic E-state index is 12.1. The zero-order chi connectivity index (χ0) is 13.8. The number of aryl methyl sites for hydroxylation is 1. The Morgan fingerprint density at radius 3 is 2.84 bits per heavy atom. The van der Waals surface area contributed by atoms with E-state index in [4.69, 9.17) is 0 Å². The summed E-state index contributed by atoms with van der Waals surface area (Å²) in [6.45, 7) is 2.40. The topological polar surface area (TPSA) is 54.0 Å². The molecule has 0 saturated heterocycles. The summed E-state index contributed by atoms with van der Waals surface area (Å²) < 4.78 is 1.06. The summed E-state index contributed by atoms with van der Waals surface area (Å²) in [6.07, 6.45) is 0. The first kappa shape index (κ1) is 14.0. The van der Waals surface area contributed by atoms with Crippen LogP contribution in [0, 0.1) is 6.92 Å². The quantitative estimate of drug-likeness (QED) is 0.899. The second-order valence-corrected chi connectivity index (χ2v) is 6.57. The molecule has 1 amide bonds. The summed E-state index contributed by atoms with van der Waals surface area (Å²) in [5.74, 6) is 0.607. The van der Waals surface area contributed by atoms with E-state index in [2.05, 4.69) is 31.5 Å². The van der Waals surface area contributed by atoms with Crippen molar-refractivity contribution in [3.8, 4) is 0 Å². The average molecular weight is 340 g/mol. The maximum Gasteiger partial charge on any atom is 0.251 e. The lowest BCUT2D eigenvalue weighted by Gasteiger charge is -2.07. The van der Waals surface area contributed by atoms with Gasteiger partial charge in [-0.3, -0.25) is 4.79 Å².